The van der Waals surface area contributed by atoms with Crippen LogP contribution in [0, 0.1) is 6.92 Å². The average molecular weight is 268 g/mol. The Bertz CT molecular complexity index is 704. The Balaban J connectivity index is 2.02. The van der Waals surface area contributed by atoms with Crippen LogP contribution in [0.4, 0.5) is 0 Å². The van der Waals surface area contributed by atoms with Crippen LogP contribution in [0.5, 0.6) is 5.88 Å². The summed E-state index contributed by atoms with van der Waals surface area (Å²) in [6, 6.07) is 3.62. The van der Waals surface area contributed by atoms with Crippen LogP contribution in [-0.2, 0) is 0 Å². The van der Waals surface area contributed by atoms with Gasteiger partial charge in [-0.15, -0.1) is 0 Å². The molecule has 0 radical (unpaired) electrons. The zero-order chi connectivity index (χ0) is 13.9. The van der Waals surface area contributed by atoms with Gasteiger partial charge in [0.2, 0.25) is 5.88 Å². The Morgan fingerprint density at radius 1 is 1.00 bits per heavy atom. The van der Waals surface area contributed by atoms with E-state index in [1.807, 2.05) is 13.0 Å². The molecule has 7 nitrogen and oxygen atoms in total. The fourth-order valence-corrected chi connectivity index (χ4v) is 1.73. The van der Waals surface area contributed by atoms with Crippen molar-refractivity contribution in [3.63, 3.8) is 0 Å². The van der Waals surface area contributed by atoms with E-state index in [-0.39, 0.29) is 0 Å². The van der Waals surface area contributed by atoms with Crippen LogP contribution in [0.2, 0.25) is 0 Å². The van der Waals surface area contributed by atoms with Gasteiger partial charge < -0.3 is 4.74 Å². The highest BCUT2D eigenvalue weighted by Crippen LogP contribution is 2.18. The Hall–Kier alpha value is -2.83. The molecular weight excluding hydrogens is 256 g/mol. The summed E-state index contributed by atoms with van der Waals surface area (Å²) in [7, 11) is 1.57. The number of hydrogen-bond acceptors (Lipinski definition) is 6. The first-order valence-corrected chi connectivity index (χ1v) is 5.97. The molecular formula is C13H12N6O. The van der Waals surface area contributed by atoms with Crippen molar-refractivity contribution in [1.29, 1.82) is 0 Å². The summed E-state index contributed by atoms with van der Waals surface area (Å²) < 4.78 is 6.69. The van der Waals surface area contributed by atoms with Gasteiger partial charge in [-0.2, -0.15) is 5.10 Å². The molecule has 0 spiro atoms. The fraction of sp³-hybridized carbons (Fsp3) is 0.154. The fourth-order valence-electron chi connectivity index (χ4n) is 1.73. The number of ether oxygens (including phenoxy) is 1. The van der Waals surface area contributed by atoms with E-state index in [1.165, 1.54) is 6.33 Å². The maximum Gasteiger partial charge on any atom is 0.213 e. The third-order valence-corrected chi connectivity index (χ3v) is 2.73. The predicted octanol–water partition coefficient (Wildman–Crippen LogP) is 1.44. The number of aromatic nitrogens is 6. The molecule has 100 valence electrons. The SMILES string of the molecule is COc1ccc(-n2ncnc2-c2cnc(C)cn2)cn1. The third kappa shape index (κ3) is 2.20. The van der Waals surface area contributed by atoms with Gasteiger partial charge in [0.25, 0.3) is 0 Å². The van der Waals surface area contributed by atoms with Crippen LogP contribution >= 0.6 is 0 Å². The lowest BCUT2D eigenvalue weighted by Crippen LogP contribution is -2.02. The quantitative estimate of drug-likeness (QED) is 0.715. The molecule has 7 heteroatoms. The van der Waals surface area contributed by atoms with Crippen LogP contribution in [0.3, 0.4) is 0 Å². The summed E-state index contributed by atoms with van der Waals surface area (Å²) in [6.07, 6.45) is 6.51. The highest BCUT2D eigenvalue weighted by atomic mass is 16.5. The zero-order valence-corrected chi connectivity index (χ0v) is 11.1. The molecule has 3 aromatic rings. The van der Waals surface area contributed by atoms with E-state index < -0.39 is 0 Å². The van der Waals surface area contributed by atoms with E-state index in [1.54, 1.807) is 36.4 Å². The van der Waals surface area contributed by atoms with Gasteiger partial charge in [0.15, 0.2) is 5.82 Å². The second kappa shape index (κ2) is 5.04. The number of rotatable bonds is 3. The number of hydrogen-bond donors (Lipinski definition) is 0. The van der Waals surface area contributed by atoms with Crippen molar-refractivity contribution in [1.82, 2.24) is 29.7 Å². The van der Waals surface area contributed by atoms with Crippen molar-refractivity contribution in [2.75, 3.05) is 7.11 Å². The molecule has 0 bridgehead atoms. The van der Waals surface area contributed by atoms with Gasteiger partial charge in [-0.05, 0) is 13.0 Å². The third-order valence-electron chi connectivity index (χ3n) is 2.73. The highest BCUT2D eigenvalue weighted by molar-refractivity contribution is 5.51. The minimum absolute atomic E-state index is 0.547. The van der Waals surface area contributed by atoms with E-state index in [0.717, 1.165) is 11.4 Å². The van der Waals surface area contributed by atoms with E-state index >= 15 is 0 Å². The standard InChI is InChI=1S/C13H12N6O/c1-9-5-15-11(7-14-9)13-17-8-18-19(13)10-3-4-12(20-2)16-6-10/h3-8H,1-2H3. The van der Waals surface area contributed by atoms with Crippen LogP contribution in [-0.4, -0.2) is 36.8 Å². The summed E-state index contributed by atoms with van der Waals surface area (Å²) in [5.74, 6) is 1.16. The Morgan fingerprint density at radius 2 is 1.90 bits per heavy atom. The Morgan fingerprint density at radius 3 is 2.55 bits per heavy atom. The van der Waals surface area contributed by atoms with Crippen LogP contribution in [0.15, 0.2) is 37.1 Å². The molecule has 0 aliphatic heterocycles. The van der Waals surface area contributed by atoms with Gasteiger partial charge in [0.1, 0.15) is 12.0 Å². The summed E-state index contributed by atoms with van der Waals surface area (Å²) >= 11 is 0. The highest BCUT2D eigenvalue weighted by Gasteiger charge is 2.11. The van der Waals surface area contributed by atoms with E-state index in [2.05, 4.69) is 25.0 Å². The first kappa shape index (κ1) is 12.2. The molecule has 0 aliphatic rings. The molecule has 0 aliphatic carbocycles. The molecule has 20 heavy (non-hydrogen) atoms. The van der Waals surface area contributed by atoms with Crippen LogP contribution < -0.4 is 4.74 Å². The summed E-state index contributed by atoms with van der Waals surface area (Å²) in [5, 5.41) is 4.20. The van der Waals surface area contributed by atoms with Crippen LogP contribution in [0.1, 0.15) is 5.69 Å². The molecule has 0 aromatic carbocycles. The van der Waals surface area contributed by atoms with Gasteiger partial charge in [-0.1, -0.05) is 0 Å². The molecule has 3 heterocycles. The van der Waals surface area contributed by atoms with Gasteiger partial charge >= 0.3 is 0 Å². The first-order valence-electron chi connectivity index (χ1n) is 5.97. The summed E-state index contributed by atoms with van der Waals surface area (Å²) in [6.45, 7) is 1.88. The van der Waals surface area contributed by atoms with E-state index in [9.17, 15) is 0 Å². The molecule has 3 aromatic heterocycles. The lowest BCUT2D eigenvalue weighted by atomic mass is 10.3. The topological polar surface area (TPSA) is 78.6 Å². The van der Waals surface area contributed by atoms with Crippen molar-refractivity contribution in [3.05, 3.63) is 42.7 Å². The van der Waals surface area contributed by atoms with E-state index in [0.29, 0.717) is 17.4 Å². The van der Waals surface area contributed by atoms with E-state index in [4.69, 9.17) is 4.74 Å². The van der Waals surface area contributed by atoms with Crippen LogP contribution in [0.25, 0.3) is 17.2 Å². The minimum atomic E-state index is 0.547. The number of aryl methyl sites for hydroxylation is 1. The lowest BCUT2D eigenvalue weighted by molar-refractivity contribution is 0.397. The smallest absolute Gasteiger partial charge is 0.213 e. The van der Waals surface area contributed by atoms with Crippen molar-refractivity contribution >= 4 is 0 Å². The van der Waals surface area contributed by atoms with Gasteiger partial charge in [-0.25, -0.2) is 19.6 Å². The molecule has 0 saturated heterocycles. The maximum atomic E-state index is 5.04. The molecule has 0 fully saturated rings. The second-order valence-corrected chi connectivity index (χ2v) is 4.10. The molecule has 0 unspecified atom stereocenters. The maximum absolute atomic E-state index is 5.04. The number of nitrogens with zero attached hydrogens (tertiary/aromatic N) is 6. The first-order chi connectivity index (χ1) is 9.78. The molecule has 3 rings (SSSR count). The van der Waals surface area contributed by atoms with Gasteiger partial charge in [-0.3, -0.25) is 4.98 Å². The zero-order valence-electron chi connectivity index (χ0n) is 11.1. The predicted molar refractivity (Wildman–Crippen MR) is 71.5 cm³/mol. The number of pyridine rings is 1. The summed E-state index contributed by atoms with van der Waals surface area (Å²) in [5.41, 5.74) is 2.29. The van der Waals surface area contributed by atoms with Gasteiger partial charge in [0, 0.05) is 12.3 Å². The number of methoxy groups -OCH3 is 1. The molecule has 0 atom stereocenters. The summed E-state index contributed by atoms with van der Waals surface area (Å²) in [4.78, 5) is 16.9. The average Bonchev–Trinajstić information content (AvgIpc) is 2.97. The van der Waals surface area contributed by atoms with Crippen molar-refractivity contribution in [2.24, 2.45) is 0 Å². The van der Waals surface area contributed by atoms with Crippen molar-refractivity contribution < 1.29 is 4.74 Å². The Kier molecular flexibility index (Phi) is 3.08. The monoisotopic (exact) mass is 268 g/mol. The normalized spacial score (nSPS) is 10.5. The lowest BCUT2D eigenvalue weighted by Gasteiger charge is -2.05. The minimum Gasteiger partial charge on any atom is -0.481 e. The van der Waals surface area contributed by atoms with Crippen molar-refractivity contribution in [3.8, 4) is 23.1 Å². The Labute approximate surface area is 115 Å². The largest absolute Gasteiger partial charge is 0.481 e. The second-order valence-electron chi connectivity index (χ2n) is 4.10. The van der Waals surface area contributed by atoms with Crippen molar-refractivity contribution in [2.45, 2.75) is 6.92 Å². The molecule has 0 N–H and O–H groups in total. The molecule has 0 amide bonds. The van der Waals surface area contributed by atoms with Gasteiger partial charge in [0.05, 0.1) is 30.9 Å². The molecule has 0 saturated carbocycles.